The summed E-state index contributed by atoms with van der Waals surface area (Å²) in [5, 5.41) is 0. The number of carbonyl (C=O) groups excluding carboxylic acids is 2. The molecule has 9 heteroatoms. The Morgan fingerprint density at radius 1 is 1.42 bits per heavy atom. The van der Waals surface area contributed by atoms with Crippen molar-refractivity contribution in [3.8, 4) is 0 Å². The Labute approximate surface area is 137 Å². The molecule has 0 bridgehead atoms. The smallest absolute Gasteiger partial charge is 0.422 e. The van der Waals surface area contributed by atoms with E-state index in [1.165, 1.54) is 4.90 Å². The van der Waals surface area contributed by atoms with Gasteiger partial charge in [0.25, 0.3) is 0 Å². The molecule has 0 aromatic carbocycles. The number of alkyl halides is 3. The van der Waals surface area contributed by atoms with Crippen LogP contribution >= 0.6 is 0 Å². The van der Waals surface area contributed by atoms with Crippen molar-refractivity contribution in [2.45, 2.75) is 31.6 Å². The molecule has 1 atom stereocenters. The third-order valence-electron chi connectivity index (χ3n) is 3.63. The molecule has 2 amide bonds. The molecule has 1 fully saturated rings. The summed E-state index contributed by atoms with van der Waals surface area (Å²) in [6.45, 7) is -1.21. The highest BCUT2D eigenvalue weighted by atomic mass is 19.4. The van der Waals surface area contributed by atoms with Crippen LogP contribution < -0.4 is 0 Å². The molecule has 0 aliphatic carbocycles. The summed E-state index contributed by atoms with van der Waals surface area (Å²) in [6.07, 6.45) is -3.18. The van der Waals surface area contributed by atoms with E-state index >= 15 is 0 Å². The van der Waals surface area contributed by atoms with Gasteiger partial charge >= 0.3 is 12.3 Å². The fraction of sp³-hybridized carbons (Fsp3) is 0.533. The number of likely N-dealkylation sites (N-methyl/N-ethyl adjacent to an activating group) is 1. The molecule has 6 nitrogen and oxygen atoms in total. The van der Waals surface area contributed by atoms with Crippen LogP contribution in [0.2, 0.25) is 0 Å². The van der Waals surface area contributed by atoms with Crippen molar-refractivity contribution < 1.29 is 27.5 Å². The van der Waals surface area contributed by atoms with Crippen molar-refractivity contribution in [3.63, 3.8) is 0 Å². The largest absolute Gasteiger partial charge is 0.440 e. The second-order valence-electron chi connectivity index (χ2n) is 5.54. The Bertz CT molecular complexity index is 580. The highest BCUT2D eigenvalue weighted by Gasteiger charge is 2.38. The number of amides is 2. The summed E-state index contributed by atoms with van der Waals surface area (Å²) in [6, 6.07) is 4.49. The van der Waals surface area contributed by atoms with Crippen LogP contribution in [0.1, 0.15) is 18.5 Å². The van der Waals surface area contributed by atoms with Crippen molar-refractivity contribution >= 4 is 12.0 Å². The predicted molar refractivity (Wildman–Crippen MR) is 77.8 cm³/mol. The molecule has 0 radical (unpaired) electrons. The summed E-state index contributed by atoms with van der Waals surface area (Å²) in [7, 11) is 1.56. The first-order valence-electron chi connectivity index (χ1n) is 7.43. The van der Waals surface area contributed by atoms with Crippen LogP contribution in [0, 0.1) is 0 Å². The summed E-state index contributed by atoms with van der Waals surface area (Å²) in [5.74, 6) is -0.345. The number of rotatable bonds is 4. The summed E-state index contributed by atoms with van der Waals surface area (Å²) >= 11 is 0. The first-order valence-corrected chi connectivity index (χ1v) is 7.43. The first kappa shape index (κ1) is 18.0. The lowest BCUT2D eigenvalue weighted by molar-refractivity contribution is -0.163. The highest BCUT2D eigenvalue weighted by molar-refractivity contribution is 5.86. The van der Waals surface area contributed by atoms with Gasteiger partial charge in [0, 0.05) is 19.8 Å². The van der Waals surface area contributed by atoms with Crippen molar-refractivity contribution in [2.75, 3.05) is 20.2 Å². The third kappa shape index (κ3) is 4.84. The molecule has 132 valence electrons. The maximum absolute atomic E-state index is 12.5. The molecule has 2 heterocycles. The van der Waals surface area contributed by atoms with Crippen molar-refractivity contribution in [3.05, 3.63) is 30.1 Å². The van der Waals surface area contributed by atoms with Gasteiger partial charge in [0.15, 0.2) is 6.61 Å². The number of aromatic nitrogens is 1. The van der Waals surface area contributed by atoms with Crippen molar-refractivity contribution in [1.82, 2.24) is 14.8 Å². The summed E-state index contributed by atoms with van der Waals surface area (Å²) in [4.78, 5) is 30.9. The lowest BCUT2D eigenvalue weighted by atomic mass is 10.2. The lowest BCUT2D eigenvalue weighted by Crippen LogP contribution is -2.47. The molecule has 1 aliphatic heterocycles. The quantitative estimate of drug-likeness (QED) is 0.839. The van der Waals surface area contributed by atoms with Gasteiger partial charge in [0.05, 0.1) is 12.2 Å². The molecule has 0 N–H and O–H groups in total. The molecule has 1 aliphatic rings. The van der Waals surface area contributed by atoms with Crippen LogP contribution in [0.3, 0.4) is 0 Å². The van der Waals surface area contributed by atoms with Crippen LogP contribution in [0.15, 0.2) is 24.4 Å². The van der Waals surface area contributed by atoms with E-state index in [9.17, 15) is 22.8 Å². The van der Waals surface area contributed by atoms with Crippen LogP contribution in [-0.4, -0.2) is 59.2 Å². The predicted octanol–water partition coefficient (Wildman–Crippen LogP) is 2.20. The third-order valence-corrected chi connectivity index (χ3v) is 3.63. The fourth-order valence-electron chi connectivity index (χ4n) is 2.54. The van der Waals surface area contributed by atoms with Gasteiger partial charge in [-0.15, -0.1) is 0 Å². The zero-order chi connectivity index (χ0) is 17.7. The molecule has 1 aromatic heterocycles. The molecule has 24 heavy (non-hydrogen) atoms. The molecule has 0 spiro atoms. The number of ether oxygens (including phenoxy) is 1. The number of pyridine rings is 1. The number of likely N-dealkylation sites (tertiary alicyclic amines) is 1. The Morgan fingerprint density at radius 3 is 2.79 bits per heavy atom. The van der Waals surface area contributed by atoms with E-state index in [2.05, 4.69) is 9.72 Å². The average Bonchev–Trinajstić information content (AvgIpc) is 3.01. The van der Waals surface area contributed by atoms with Crippen LogP contribution in [-0.2, 0) is 16.1 Å². The van der Waals surface area contributed by atoms with E-state index in [4.69, 9.17) is 0 Å². The van der Waals surface area contributed by atoms with Crippen molar-refractivity contribution in [2.24, 2.45) is 0 Å². The minimum absolute atomic E-state index is 0.199. The minimum Gasteiger partial charge on any atom is -0.440 e. The van der Waals surface area contributed by atoms with Crippen molar-refractivity contribution in [1.29, 1.82) is 0 Å². The second-order valence-corrected chi connectivity index (χ2v) is 5.54. The van der Waals surface area contributed by atoms with Crippen LogP contribution in [0.4, 0.5) is 18.0 Å². The lowest BCUT2D eigenvalue weighted by Gasteiger charge is -2.27. The van der Waals surface area contributed by atoms with Gasteiger partial charge in [0.1, 0.15) is 6.04 Å². The number of hydrogen-bond donors (Lipinski definition) is 0. The SMILES string of the molecule is CN(Cc1ccccn1)C(=O)[C@H]1CCCN1C(=O)OCC(F)(F)F. The van der Waals surface area contributed by atoms with Gasteiger partial charge in [-0.2, -0.15) is 13.2 Å². The average molecular weight is 345 g/mol. The molecule has 0 saturated carbocycles. The maximum atomic E-state index is 12.5. The Hall–Kier alpha value is -2.32. The van der Waals surface area contributed by atoms with Gasteiger partial charge in [-0.05, 0) is 25.0 Å². The molecule has 1 saturated heterocycles. The summed E-state index contributed by atoms with van der Waals surface area (Å²) in [5.41, 5.74) is 0.678. The second kappa shape index (κ2) is 7.50. The first-order chi connectivity index (χ1) is 11.3. The monoisotopic (exact) mass is 345 g/mol. The number of carbonyl (C=O) groups is 2. The standard InChI is InChI=1S/C15H18F3N3O3/c1-20(9-11-5-2-3-7-19-11)13(22)12-6-4-8-21(12)14(23)24-10-15(16,17)18/h2-3,5,7,12H,4,6,8-10H2,1H3/t12-/m1/s1. The van der Waals surface area contributed by atoms with E-state index < -0.39 is 24.9 Å². The number of halogens is 3. The number of nitrogens with zero attached hydrogens (tertiary/aromatic N) is 3. The zero-order valence-corrected chi connectivity index (χ0v) is 13.1. The maximum Gasteiger partial charge on any atom is 0.422 e. The van der Waals surface area contributed by atoms with Gasteiger partial charge in [-0.25, -0.2) is 4.79 Å². The van der Waals surface area contributed by atoms with Crippen LogP contribution in [0.25, 0.3) is 0 Å². The zero-order valence-electron chi connectivity index (χ0n) is 13.1. The Kier molecular flexibility index (Phi) is 5.63. The van der Waals surface area contributed by atoms with Crippen LogP contribution in [0.5, 0.6) is 0 Å². The van der Waals surface area contributed by atoms with E-state index in [0.29, 0.717) is 18.5 Å². The highest BCUT2D eigenvalue weighted by Crippen LogP contribution is 2.22. The van der Waals surface area contributed by atoms with E-state index in [0.717, 1.165) is 4.90 Å². The minimum atomic E-state index is -4.59. The molecular formula is C15H18F3N3O3. The normalized spacial score (nSPS) is 17.7. The number of hydrogen-bond acceptors (Lipinski definition) is 4. The van der Waals surface area contributed by atoms with Gasteiger partial charge in [-0.3, -0.25) is 14.7 Å². The molecular weight excluding hydrogens is 327 g/mol. The Morgan fingerprint density at radius 2 is 2.17 bits per heavy atom. The Balaban J connectivity index is 1.96. The molecule has 2 rings (SSSR count). The fourth-order valence-corrected chi connectivity index (χ4v) is 2.54. The van der Waals surface area contributed by atoms with E-state index in [1.54, 1.807) is 31.4 Å². The van der Waals surface area contributed by atoms with E-state index in [-0.39, 0.29) is 19.0 Å². The van der Waals surface area contributed by atoms with Gasteiger partial charge in [-0.1, -0.05) is 6.07 Å². The topological polar surface area (TPSA) is 62.7 Å². The van der Waals surface area contributed by atoms with E-state index in [1.807, 2.05) is 0 Å². The van der Waals surface area contributed by atoms with Gasteiger partial charge < -0.3 is 9.64 Å². The molecule has 1 aromatic rings. The van der Waals surface area contributed by atoms with Gasteiger partial charge in [0.2, 0.25) is 5.91 Å². The molecule has 0 unspecified atom stereocenters. The summed E-state index contributed by atoms with van der Waals surface area (Å²) < 4.78 is 40.7.